The van der Waals surface area contributed by atoms with Gasteiger partial charge in [-0.2, -0.15) is 0 Å². The first-order valence-electron chi connectivity index (χ1n) is 8.10. The van der Waals surface area contributed by atoms with Crippen molar-refractivity contribution in [1.82, 2.24) is 4.90 Å². The zero-order chi connectivity index (χ0) is 16.9. The van der Waals surface area contributed by atoms with Gasteiger partial charge in [0.2, 0.25) is 0 Å². The maximum Gasteiger partial charge on any atom is 0.266 e. The van der Waals surface area contributed by atoms with Crippen LogP contribution in [0.25, 0.3) is 6.08 Å². The molecule has 1 saturated heterocycles. The Bertz CT molecular complexity index is 796. The first kappa shape index (κ1) is 16.5. The minimum atomic E-state index is 0.0415. The maximum absolute atomic E-state index is 12.8. The minimum absolute atomic E-state index is 0.0415. The normalized spacial score (nSPS) is 17.9. The third-order valence-corrected chi connectivity index (χ3v) is 4.80. The molecule has 0 N–H and O–H groups in total. The number of nitrogens with zero attached hydrogens (tertiary/aromatic N) is 2. The fourth-order valence-electron chi connectivity index (χ4n) is 2.52. The number of para-hydroxylation sites is 1. The Morgan fingerprint density at radius 2 is 1.79 bits per heavy atom. The Hall–Kier alpha value is -2.33. The molecular formula is C20H20N2OS. The van der Waals surface area contributed by atoms with Crippen molar-refractivity contribution in [1.29, 1.82) is 0 Å². The van der Waals surface area contributed by atoms with Crippen molar-refractivity contribution >= 4 is 34.6 Å². The Balaban J connectivity index is 1.95. The van der Waals surface area contributed by atoms with E-state index in [1.807, 2.05) is 54.6 Å². The molecule has 122 valence electrons. The highest BCUT2D eigenvalue weighted by Crippen LogP contribution is 2.34. The van der Waals surface area contributed by atoms with Crippen molar-refractivity contribution < 1.29 is 4.79 Å². The second kappa shape index (κ2) is 7.49. The van der Waals surface area contributed by atoms with Gasteiger partial charge < -0.3 is 0 Å². The molecule has 1 aliphatic rings. The molecule has 0 bridgehead atoms. The molecule has 3 nitrogen and oxygen atoms in total. The molecule has 1 fully saturated rings. The smallest absolute Gasteiger partial charge is 0.266 e. The number of aryl methyl sites for hydroxylation is 1. The molecule has 2 aromatic rings. The highest BCUT2D eigenvalue weighted by molar-refractivity contribution is 8.18. The molecule has 0 saturated carbocycles. The van der Waals surface area contributed by atoms with Crippen molar-refractivity contribution in [2.45, 2.75) is 20.3 Å². The third-order valence-electron chi connectivity index (χ3n) is 3.79. The van der Waals surface area contributed by atoms with Gasteiger partial charge in [-0.15, -0.1) is 0 Å². The summed E-state index contributed by atoms with van der Waals surface area (Å²) in [5.41, 5.74) is 3.10. The predicted molar refractivity (Wildman–Crippen MR) is 102 cm³/mol. The van der Waals surface area contributed by atoms with E-state index >= 15 is 0 Å². The molecule has 0 atom stereocenters. The van der Waals surface area contributed by atoms with Gasteiger partial charge in [0.25, 0.3) is 5.91 Å². The highest BCUT2D eigenvalue weighted by atomic mass is 32.2. The molecule has 1 aliphatic heterocycles. The Kier molecular flexibility index (Phi) is 5.16. The molecule has 0 radical (unpaired) electrons. The number of aliphatic imine (C=N–C) groups is 1. The van der Waals surface area contributed by atoms with E-state index in [2.05, 4.69) is 24.9 Å². The van der Waals surface area contributed by atoms with Gasteiger partial charge in [0.05, 0.1) is 10.6 Å². The van der Waals surface area contributed by atoms with Crippen molar-refractivity contribution in [3.63, 3.8) is 0 Å². The Labute approximate surface area is 147 Å². The van der Waals surface area contributed by atoms with E-state index in [1.165, 1.54) is 11.8 Å². The zero-order valence-electron chi connectivity index (χ0n) is 13.9. The summed E-state index contributed by atoms with van der Waals surface area (Å²) in [5, 5.41) is 0.757. The van der Waals surface area contributed by atoms with E-state index in [-0.39, 0.29) is 5.91 Å². The fourth-order valence-corrected chi connectivity index (χ4v) is 3.53. The number of carbonyl (C=O) groups excluding carboxylic acids is 1. The second-order valence-electron chi connectivity index (χ2n) is 5.65. The molecule has 1 heterocycles. The molecule has 0 unspecified atom stereocenters. The molecule has 4 heteroatoms. The van der Waals surface area contributed by atoms with E-state index in [1.54, 1.807) is 4.90 Å². The van der Waals surface area contributed by atoms with Crippen LogP contribution in [0.2, 0.25) is 0 Å². The summed E-state index contributed by atoms with van der Waals surface area (Å²) in [6, 6.07) is 17.9. The van der Waals surface area contributed by atoms with Gasteiger partial charge >= 0.3 is 0 Å². The van der Waals surface area contributed by atoms with Crippen molar-refractivity contribution in [2.75, 3.05) is 6.54 Å². The molecule has 0 aliphatic carbocycles. The second-order valence-corrected chi connectivity index (χ2v) is 6.66. The Morgan fingerprint density at radius 3 is 2.50 bits per heavy atom. The summed E-state index contributed by atoms with van der Waals surface area (Å²) in [7, 11) is 0. The van der Waals surface area contributed by atoms with Crippen LogP contribution in [0.1, 0.15) is 24.5 Å². The van der Waals surface area contributed by atoms with Gasteiger partial charge in [0.15, 0.2) is 5.17 Å². The summed E-state index contributed by atoms with van der Waals surface area (Å²) in [6.07, 6.45) is 2.87. The summed E-state index contributed by atoms with van der Waals surface area (Å²) in [6.45, 7) is 4.81. The van der Waals surface area contributed by atoms with Gasteiger partial charge in [0.1, 0.15) is 0 Å². The van der Waals surface area contributed by atoms with Gasteiger partial charge in [-0.05, 0) is 54.4 Å². The SMILES string of the molecule is CCCN1C(=O)/C(=C\c2ccccc2C)SC1=Nc1ccccc1. The van der Waals surface area contributed by atoms with Crippen LogP contribution in [0.5, 0.6) is 0 Å². The number of rotatable bonds is 4. The van der Waals surface area contributed by atoms with E-state index in [4.69, 9.17) is 0 Å². The quantitative estimate of drug-likeness (QED) is 0.735. The van der Waals surface area contributed by atoms with Crippen LogP contribution >= 0.6 is 11.8 Å². The van der Waals surface area contributed by atoms with Crippen LogP contribution < -0.4 is 0 Å². The monoisotopic (exact) mass is 336 g/mol. The lowest BCUT2D eigenvalue weighted by molar-refractivity contribution is -0.122. The number of benzene rings is 2. The Morgan fingerprint density at radius 1 is 1.08 bits per heavy atom. The minimum Gasteiger partial charge on any atom is -0.286 e. The average molecular weight is 336 g/mol. The topological polar surface area (TPSA) is 32.7 Å². The van der Waals surface area contributed by atoms with Gasteiger partial charge in [-0.1, -0.05) is 49.4 Å². The molecular weight excluding hydrogens is 316 g/mol. The first-order chi connectivity index (χ1) is 11.7. The molecule has 0 aromatic heterocycles. The number of hydrogen-bond acceptors (Lipinski definition) is 3. The van der Waals surface area contributed by atoms with Crippen LogP contribution in [0.3, 0.4) is 0 Å². The zero-order valence-corrected chi connectivity index (χ0v) is 14.7. The predicted octanol–water partition coefficient (Wildman–Crippen LogP) is 5.01. The molecule has 3 rings (SSSR count). The van der Waals surface area contributed by atoms with Crippen molar-refractivity contribution in [3.8, 4) is 0 Å². The molecule has 1 amide bonds. The lowest BCUT2D eigenvalue weighted by Gasteiger charge is -2.13. The van der Waals surface area contributed by atoms with Crippen LogP contribution in [0.4, 0.5) is 5.69 Å². The average Bonchev–Trinajstić information content (AvgIpc) is 2.87. The number of thioether (sulfide) groups is 1. The summed E-state index contributed by atoms with van der Waals surface area (Å²) >= 11 is 1.45. The highest BCUT2D eigenvalue weighted by Gasteiger charge is 2.32. The summed E-state index contributed by atoms with van der Waals surface area (Å²) in [4.78, 5) is 19.9. The van der Waals surface area contributed by atoms with Crippen molar-refractivity contribution in [2.24, 2.45) is 4.99 Å². The number of amides is 1. The number of hydrogen-bond donors (Lipinski definition) is 0. The number of carbonyl (C=O) groups is 1. The molecule has 0 spiro atoms. The van der Waals surface area contributed by atoms with E-state index in [0.717, 1.165) is 33.3 Å². The van der Waals surface area contributed by atoms with Crippen LogP contribution in [0.15, 0.2) is 64.5 Å². The summed E-state index contributed by atoms with van der Waals surface area (Å²) in [5.74, 6) is 0.0415. The van der Waals surface area contributed by atoms with E-state index < -0.39 is 0 Å². The third kappa shape index (κ3) is 3.60. The largest absolute Gasteiger partial charge is 0.286 e. The first-order valence-corrected chi connectivity index (χ1v) is 8.91. The van der Waals surface area contributed by atoms with Gasteiger partial charge in [0, 0.05) is 6.54 Å². The summed E-state index contributed by atoms with van der Waals surface area (Å²) < 4.78 is 0. The van der Waals surface area contributed by atoms with Crippen molar-refractivity contribution in [3.05, 3.63) is 70.6 Å². The lowest BCUT2D eigenvalue weighted by atomic mass is 10.1. The van der Waals surface area contributed by atoms with Crippen LogP contribution in [0, 0.1) is 6.92 Å². The van der Waals surface area contributed by atoms with E-state index in [0.29, 0.717) is 6.54 Å². The van der Waals surface area contributed by atoms with Crippen LogP contribution in [-0.4, -0.2) is 22.5 Å². The van der Waals surface area contributed by atoms with E-state index in [9.17, 15) is 4.79 Å². The fraction of sp³-hybridized carbons (Fsp3) is 0.200. The standard InChI is InChI=1S/C20H20N2OS/c1-3-13-22-19(23)18(14-16-10-8-7-9-15(16)2)24-20(22)21-17-11-5-4-6-12-17/h4-12,14H,3,13H2,1-2H3/b18-14+,21-20?. The molecule has 24 heavy (non-hydrogen) atoms. The van der Waals surface area contributed by atoms with Gasteiger partial charge in [-0.3, -0.25) is 9.69 Å². The molecule has 2 aromatic carbocycles. The maximum atomic E-state index is 12.8. The van der Waals surface area contributed by atoms with Crippen LogP contribution in [-0.2, 0) is 4.79 Å². The van der Waals surface area contributed by atoms with Gasteiger partial charge in [-0.25, -0.2) is 4.99 Å². The lowest BCUT2D eigenvalue weighted by Crippen LogP contribution is -2.29. The number of amidine groups is 1.